The van der Waals surface area contributed by atoms with Crippen LogP contribution in [-0.2, 0) is 4.79 Å². The number of carboxylic acid groups (broad SMARTS) is 1. The maximum atomic E-state index is 13.3. The van der Waals surface area contributed by atoms with Gasteiger partial charge in [0.1, 0.15) is 5.82 Å². The second kappa shape index (κ2) is 3.73. The summed E-state index contributed by atoms with van der Waals surface area (Å²) >= 11 is 0. The Bertz CT molecular complexity index is 440. The van der Waals surface area contributed by atoms with E-state index in [1.165, 1.54) is 6.07 Å². The van der Waals surface area contributed by atoms with Gasteiger partial charge in [-0.05, 0) is 18.1 Å². The van der Waals surface area contributed by atoms with Crippen LogP contribution in [0, 0.1) is 5.82 Å². The van der Waals surface area contributed by atoms with Crippen LogP contribution in [0.2, 0.25) is 0 Å². The topological polar surface area (TPSA) is 49.3 Å². The number of hydrogen-bond acceptors (Lipinski definition) is 2. The summed E-state index contributed by atoms with van der Waals surface area (Å²) in [6.07, 6.45) is 1.74. The molecule has 0 amide bonds. The van der Waals surface area contributed by atoms with Crippen LogP contribution in [0.25, 0.3) is 5.57 Å². The molecule has 0 radical (unpaired) electrons. The lowest BCUT2D eigenvalue weighted by Crippen LogP contribution is -2.13. The first-order valence-corrected chi connectivity index (χ1v) is 4.65. The van der Waals surface area contributed by atoms with Crippen LogP contribution in [0.5, 0.6) is 0 Å². The number of carbonyl (C=O) groups is 1. The molecular formula is C11H10FNO2. The fourth-order valence-electron chi connectivity index (χ4n) is 1.73. The lowest BCUT2D eigenvalue weighted by Gasteiger charge is -2.20. The molecule has 78 valence electrons. The highest BCUT2D eigenvalue weighted by Gasteiger charge is 2.17. The number of para-hydroxylation sites is 1. The molecule has 0 atom stereocenters. The van der Waals surface area contributed by atoms with Crippen molar-refractivity contribution in [3.8, 4) is 0 Å². The van der Waals surface area contributed by atoms with Gasteiger partial charge in [-0.2, -0.15) is 0 Å². The number of hydrogen-bond donors (Lipinski definition) is 2. The zero-order valence-electron chi connectivity index (χ0n) is 7.96. The summed E-state index contributed by atoms with van der Waals surface area (Å²) < 4.78 is 13.3. The minimum Gasteiger partial charge on any atom is -0.478 e. The molecule has 0 aromatic heterocycles. The molecule has 0 aliphatic carbocycles. The number of carboxylic acids is 1. The van der Waals surface area contributed by atoms with E-state index in [0.29, 0.717) is 29.8 Å². The summed E-state index contributed by atoms with van der Waals surface area (Å²) in [5.74, 6) is -1.34. The number of halogens is 1. The van der Waals surface area contributed by atoms with Crippen molar-refractivity contribution < 1.29 is 14.3 Å². The number of nitrogens with one attached hydrogen (secondary N) is 1. The molecule has 0 spiro atoms. The Hall–Kier alpha value is -1.84. The molecule has 0 unspecified atom stereocenters. The molecule has 0 saturated heterocycles. The van der Waals surface area contributed by atoms with Gasteiger partial charge in [-0.15, -0.1) is 0 Å². The van der Waals surface area contributed by atoms with E-state index in [1.54, 1.807) is 12.1 Å². The first-order chi connectivity index (χ1) is 7.18. The van der Waals surface area contributed by atoms with Crippen molar-refractivity contribution in [1.29, 1.82) is 0 Å². The van der Waals surface area contributed by atoms with E-state index in [-0.39, 0.29) is 5.82 Å². The molecule has 4 heteroatoms. The van der Waals surface area contributed by atoms with Crippen molar-refractivity contribution in [3.05, 3.63) is 35.7 Å². The van der Waals surface area contributed by atoms with Gasteiger partial charge < -0.3 is 10.4 Å². The summed E-state index contributed by atoms with van der Waals surface area (Å²) in [6, 6.07) is 4.66. The monoisotopic (exact) mass is 207 g/mol. The van der Waals surface area contributed by atoms with Crippen LogP contribution in [0.3, 0.4) is 0 Å². The van der Waals surface area contributed by atoms with Gasteiger partial charge in [0.2, 0.25) is 0 Å². The van der Waals surface area contributed by atoms with Crippen LogP contribution in [0.1, 0.15) is 12.0 Å². The van der Waals surface area contributed by atoms with E-state index in [0.717, 1.165) is 6.08 Å². The highest BCUT2D eigenvalue weighted by atomic mass is 19.1. The van der Waals surface area contributed by atoms with Crippen molar-refractivity contribution >= 4 is 17.2 Å². The maximum absolute atomic E-state index is 13.3. The van der Waals surface area contributed by atoms with Crippen LogP contribution < -0.4 is 5.32 Å². The second-order valence-corrected chi connectivity index (χ2v) is 3.35. The zero-order valence-corrected chi connectivity index (χ0v) is 7.96. The SMILES string of the molecule is O=C(O)C=C1CCNc2c(F)cccc21. The lowest BCUT2D eigenvalue weighted by atomic mass is 9.97. The predicted molar refractivity (Wildman–Crippen MR) is 55.1 cm³/mol. The zero-order chi connectivity index (χ0) is 10.8. The molecule has 3 nitrogen and oxygen atoms in total. The van der Waals surface area contributed by atoms with Gasteiger partial charge in [0.05, 0.1) is 5.69 Å². The lowest BCUT2D eigenvalue weighted by molar-refractivity contribution is -0.131. The average Bonchev–Trinajstić information content (AvgIpc) is 2.19. The molecule has 1 aromatic rings. The molecule has 1 aliphatic heterocycles. The van der Waals surface area contributed by atoms with Crippen LogP contribution in [0.4, 0.5) is 10.1 Å². The van der Waals surface area contributed by atoms with Crippen molar-refractivity contribution in [1.82, 2.24) is 0 Å². The van der Waals surface area contributed by atoms with Gasteiger partial charge in [-0.3, -0.25) is 0 Å². The third kappa shape index (κ3) is 1.83. The molecule has 2 rings (SSSR count). The molecule has 2 N–H and O–H groups in total. The summed E-state index contributed by atoms with van der Waals surface area (Å²) in [4.78, 5) is 10.6. The van der Waals surface area contributed by atoms with E-state index in [9.17, 15) is 9.18 Å². The Kier molecular flexibility index (Phi) is 2.41. The summed E-state index contributed by atoms with van der Waals surface area (Å²) in [5, 5.41) is 11.6. The smallest absolute Gasteiger partial charge is 0.328 e. The first kappa shape index (κ1) is 9.71. The fraction of sp³-hybridized carbons (Fsp3) is 0.182. The highest BCUT2D eigenvalue weighted by Crippen LogP contribution is 2.32. The molecule has 1 aromatic carbocycles. The van der Waals surface area contributed by atoms with E-state index in [4.69, 9.17) is 5.11 Å². The van der Waals surface area contributed by atoms with Crippen LogP contribution >= 0.6 is 0 Å². The largest absolute Gasteiger partial charge is 0.478 e. The molecule has 0 saturated carbocycles. The quantitative estimate of drug-likeness (QED) is 0.693. The number of aliphatic carboxylic acids is 1. The Balaban J connectivity index is 2.52. The van der Waals surface area contributed by atoms with Crippen molar-refractivity contribution in [2.24, 2.45) is 0 Å². The van der Waals surface area contributed by atoms with Gasteiger partial charge in [0.25, 0.3) is 0 Å². The van der Waals surface area contributed by atoms with Gasteiger partial charge >= 0.3 is 5.97 Å². The molecule has 1 heterocycles. The van der Waals surface area contributed by atoms with Gasteiger partial charge in [-0.1, -0.05) is 12.1 Å². The summed E-state index contributed by atoms with van der Waals surface area (Å²) in [5.41, 5.74) is 1.70. The predicted octanol–water partition coefficient (Wildman–Crippen LogP) is 2.11. The minimum absolute atomic E-state index is 0.344. The standard InChI is InChI=1S/C11H10FNO2/c12-9-3-1-2-8-7(6-10(14)15)4-5-13-11(8)9/h1-3,6,13H,4-5H2,(H,14,15). The van der Waals surface area contributed by atoms with Crippen molar-refractivity contribution in [2.75, 3.05) is 11.9 Å². The number of anilines is 1. The minimum atomic E-state index is -0.998. The van der Waals surface area contributed by atoms with E-state index in [1.807, 2.05) is 0 Å². The summed E-state index contributed by atoms with van der Waals surface area (Å²) in [7, 11) is 0. The van der Waals surface area contributed by atoms with Gasteiger partial charge in [-0.25, -0.2) is 9.18 Å². The third-order valence-corrected chi connectivity index (χ3v) is 2.35. The third-order valence-electron chi connectivity index (χ3n) is 2.35. The second-order valence-electron chi connectivity index (χ2n) is 3.35. The average molecular weight is 207 g/mol. The Labute approximate surface area is 86.2 Å². The molecule has 1 aliphatic rings. The normalized spacial score (nSPS) is 17.0. The van der Waals surface area contributed by atoms with Crippen LogP contribution in [0.15, 0.2) is 24.3 Å². The van der Waals surface area contributed by atoms with Crippen molar-refractivity contribution in [3.63, 3.8) is 0 Å². The number of fused-ring (bicyclic) bond motifs is 1. The molecule has 0 bridgehead atoms. The number of benzene rings is 1. The van der Waals surface area contributed by atoms with E-state index < -0.39 is 5.97 Å². The number of rotatable bonds is 1. The van der Waals surface area contributed by atoms with Crippen molar-refractivity contribution in [2.45, 2.75) is 6.42 Å². The molecular weight excluding hydrogens is 197 g/mol. The fourth-order valence-corrected chi connectivity index (χ4v) is 1.73. The highest BCUT2D eigenvalue weighted by molar-refractivity contribution is 5.93. The van der Waals surface area contributed by atoms with Gasteiger partial charge in [0.15, 0.2) is 0 Å². The molecule has 15 heavy (non-hydrogen) atoms. The van der Waals surface area contributed by atoms with Gasteiger partial charge in [0, 0.05) is 18.2 Å². The molecule has 0 fully saturated rings. The Morgan fingerprint density at radius 3 is 3.07 bits per heavy atom. The van der Waals surface area contributed by atoms with Crippen LogP contribution in [-0.4, -0.2) is 17.6 Å². The summed E-state index contributed by atoms with van der Waals surface area (Å²) in [6.45, 7) is 0.563. The first-order valence-electron chi connectivity index (χ1n) is 4.65. The maximum Gasteiger partial charge on any atom is 0.328 e. The van der Waals surface area contributed by atoms with E-state index >= 15 is 0 Å². The Morgan fingerprint density at radius 2 is 2.33 bits per heavy atom. The van der Waals surface area contributed by atoms with E-state index in [2.05, 4.69) is 5.32 Å². The Morgan fingerprint density at radius 1 is 1.53 bits per heavy atom.